The molecule has 2 unspecified atom stereocenters. The van der Waals surface area contributed by atoms with Crippen molar-refractivity contribution < 1.29 is 9.53 Å². The van der Waals surface area contributed by atoms with Gasteiger partial charge in [-0.3, -0.25) is 4.79 Å². The first-order valence-electron chi connectivity index (χ1n) is 10.2. The minimum atomic E-state index is -0.00264. The molecular formula is C24H30O2S2. The molecule has 4 heteroatoms. The third kappa shape index (κ3) is 5.36. The predicted octanol–water partition coefficient (Wildman–Crippen LogP) is 6.34. The molecule has 0 aliphatic carbocycles. The first-order chi connectivity index (χ1) is 13.7. The van der Waals surface area contributed by atoms with E-state index in [4.69, 9.17) is 4.74 Å². The highest BCUT2D eigenvalue weighted by molar-refractivity contribution is 8.00. The van der Waals surface area contributed by atoms with Gasteiger partial charge >= 0.3 is 5.97 Å². The summed E-state index contributed by atoms with van der Waals surface area (Å²) in [7, 11) is 0. The molecule has 0 amide bonds. The summed E-state index contributed by atoms with van der Waals surface area (Å²) in [4.78, 5) is 12.5. The second-order valence-corrected chi connectivity index (χ2v) is 9.83. The average molecular weight is 415 g/mol. The van der Waals surface area contributed by atoms with Crippen LogP contribution in [-0.4, -0.2) is 22.6 Å². The topological polar surface area (TPSA) is 26.3 Å². The summed E-state index contributed by atoms with van der Waals surface area (Å²) in [6.07, 6.45) is 2.90. The van der Waals surface area contributed by atoms with Crippen molar-refractivity contribution in [3.8, 4) is 0 Å². The maximum absolute atomic E-state index is 12.5. The second kappa shape index (κ2) is 10.4. The van der Waals surface area contributed by atoms with E-state index >= 15 is 0 Å². The van der Waals surface area contributed by atoms with E-state index in [1.807, 2.05) is 29.6 Å². The summed E-state index contributed by atoms with van der Waals surface area (Å²) < 4.78 is 5.94. The van der Waals surface area contributed by atoms with Crippen LogP contribution in [0.5, 0.6) is 0 Å². The summed E-state index contributed by atoms with van der Waals surface area (Å²) in [5.41, 5.74) is 2.64. The van der Waals surface area contributed by atoms with Crippen LogP contribution < -0.4 is 0 Å². The van der Waals surface area contributed by atoms with Gasteiger partial charge in [0.25, 0.3) is 0 Å². The molecule has 1 aliphatic heterocycles. The Labute approximate surface area is 177 Å². The summed E-state index contributed by atoms with van der Waals surface area (Å²) in [5, 5.41) is 0. The molecule has 150 valence electrons. The summed E-state index contributed by atoms with van der Waals surface area (Å²) >= 11 is 3.80. The van der Waals surface area contributed by atoms with Gasteiger partial charge in [0.15, 0.2) is 0 Å². The van der Waals surface area contributed by atoms with Gasteiger partial charge in [-0.05, 0) is 30.4 Å². The van der Waals surface area contributed by atoms with Crippen molar-refractivity contribution in [3.05, 3.63) is 71.8 Å². The fourth-order valence-electron chi connectivity index (χ4n) is 3.79. The fourth-order valence-corrected chi connectivity index (χ4v) is 6.28. The van der Waals surface area contributed by atoms with Crippen LogP contribution in [0.1, 0.15) is 44.2 Å². The highest BCUT2D eigenvalue weighted by Gasteiger charge is 2.46. The van der Waals surface area contributed by atoms with Crippen molar-refractivity contribution in [2.24, 2.45) is 5.92 Å². The Morgan fingerprint density at radius 3 is 2.07 bits per heavy atom. The molecule has 28 heavy (non-hydrogen) atoms. The Hall–Kier alpha value is -1.39. The normalized spacial score (nSPS) is 19.6. The van der Waals surface area contributed by atoms with Crippen LogP contribution in [-0.2, 0) is 21.0 Å². The number of ether oxygens (including phenoxy) is 1. The van der Waals surface area contributed by atoms with Crippen molar-refractivity contribution in [1.82, 2.24) is 0 Å². The van der Waals surface area contributed by atoms with Crippen LogP contribution in [0.3, 0.4) is 0 Å². The van der Waals surface area contributed by atoms with E-state index in [-0.39, 0.29) is 22.7 Å². The van der Waals surface area contributed by atoms with Crippen LogP contribution in [0.25, 0.3) is 0 Å². The molecule has 3 rings (SSSR count). The third-order valence-corrected chi connectivity index (χ3v) is 8.74. The zero-order valence-electron chi connectivity index (χ0n) is 16.8. The number of hydrogen-bond donors (Lipinski definition) is 0. The molecule has 0 N–H and O–H groups in total. The minimum absolute atomic E-state index is 0.00264. The van der Waals surface area contributed by atoms with Crippen molar-refractivity contribution in [1.29, 1.82) is 0 Å². The monoisotopic (exact) mass is 414 g/mol. The molecule has 2 aromatic carbocycles. The van der Waals surface area contributed by atoms with Crippen LogP contribution in [0.2, 0.25) is 0 Å². The van der Waals surface area contributed by atoms with Gasteiger partial charge in [0, 0.05) is 17.3 Å². The van der Waals surface area contributed by atoms with Gasteiger partial charge in [0.2, 0.25) is 0 Å². The zero-order valence-corrected chi connectivity index (χ0v) is 18.4. The Morgan fingerprint density at radius 1 is 0.929 bits per heavy atom. The van der Waals surface area contributed by atoms with Gasteiger partial charge in [-0.1, -0.05) is 74.5 Å². The van der Waals surface area contributed by atoms with Crippen LogP contribution in [0, 0.1) is 5.92 Å². The number of thioether (sulfide) groups is 2. The number of carbonyl (C=O) groups excluding carboxylic acids is 1. The second-order valence-electron chi connectivity index (χ2n) is 7.41. The van der Waals surface area contributed by atoms with Gasteiger partial charge in [-0.25, -0.2) is 0 Å². The van der Waals surface area contributed by atoms with E-state index in [1.54, 1.807) is 0 Å². The Balaban J connectivity index is 1.57. The Kier molecular flexibility index (Phi) is 7.92. The quantitative estimate of drug-likeness (QED) is 0.424. The molecular weight excluding hydrogens is 384 g/mol. The van der Waals surface area contributed by atoms with E-state index in [0.29, 0.717) is 0 Å². The molecule has 0 radical (unpaired) electrons. The molecule has 0 saturated carbocycles. The number of benzene rings is 2. The smallest absolute Gasteiger partial charge is 0.310 e. The van der Waals surface area contributed by atoms with Crippen LogP contribution in [0.4, 0.5) is 0 Å². The Morgan fingerprint density at radius 2 is 1.50 bits per heavy atom. The zero-order chi connectivity index (χ0) is 19.8. The minimum Gasteiger partial charge on any atom is -0.461 e. The van der Waals surface area contributed by atoms with Crippen molar-refractivity contribution in [2.75, 3.05) is 5.75 Å². The Bertz CT molecular complexity index is 729. The van der Waals surface area contributed by atoms with Gasteiger partial charge in [0.1, 0.15) is 6.10 Å². The first-order valence-corrected chi connectivity index (χ1v) is 12.3. The fraction of sp³-hybridized carbons (Fsp3) is 0.458. The third-order valence-electron chi connectivity index (χ3n) is 5.67. The van der Waals surface area contributed by atoms with Crippen molar-refractivity contribution in [3.63, 3.8) is 0 Å². The average Bonchev–Trinajstić information content (AvgIpc) is 3.12. The van der Waals surface area contributed by atoms with Crippen LogP contribution >= 0.6 is 23.5 Å². The van der Waals surface area contributed by atoms with E-state index in [0.717, 1.165) is 36.5 Å². The SMILES string of the molecule is CCC(CC)(SCc1ccccc1)C1CC(CSCc2ccccc2)C(=O)O1. The lowest BCUT2D eigenvalue weighted by Gasteiger charge is -2.36. The molecule has 0 bridgehead atoms. The number of hydrogen-bond acceptors (Lipinski definition) is 4. The number of esters is 1. The van der Waals surface area contributed by atoms with Crippen LogP contribution in [0.15, 0.2) is 60.7 Å². The first kappa shape index (κ1) is 21.3. The highest BCUT2D eigenvalue weighted by atomic mass is 32.2. The summed E-state index contributed by atoms with van der Waals surface area (Å²) in [5.74, 6) is 2.77. The molecule has 1 fully saturated rings. The molecule has 1 saturated heterocycles. The van der Waals surface area contributed by atoms with E-state index < -0.39 is 0 Å². The standard InChI is InChI=1S/C24H30O2S2/c1-3-24(4-2,28-17-20-13-9-6-10-14-20)22-15-21(23(25)26-22)18-27-16-19-11-7-5-8-12-19/h5-14,21-22H,3-4,15-18H2,1-2H3. The van der Waals surface area contributed by atoms with E-state index in [2.05, 4.69) is 68.4 Å². The largest absolute Gasteiger partial charge is 0.461 e. The lowest BCUT2D eigenvalue weighted by Crippen LogP contribution is -2.38. The highest BCUT2D eigenvalue weighted by Crippen LogP contribution is 2.44. The van der Waals surface area contributed by atoms with Crippen molar-refractivity contribution in [2.45, 2.75) is 55.5 Å². The van der Waals surface area contributed by atoms with E-state index in [1.165, 1.54) is 11.1 Å². The summed E-state index contributed by atoms with van der Waals surface area (Å²) in [6, 6.07) is 21.0. The molecule has 1 heterocycles. The molecule has 2 nitrogen and oxygen atoms in total. The number of carbonyl (C=O) groups is 1. The van der Waals surface area contributed by atoms with Gasteiger partial charge in [-0.15, -0.1) is 11.8 Å². The van der Waals surface area contributed by atoms with Gasteiger partial charge in [0.05, 0.1) is 10.7 Å². The van der Waals surface area contributed by atoms with Gasteiger partial charge < -0.3 is 4.74 Å². The number of rotatable bonds is 10. The maximum Gasteiger partial charge on any atom is 0.310 e. The molecule has 0 aromatic heterocycles. The van der Waals surface area contributed by atoms with E-state index in [9.17, 15) is 4.79 Å². The molecule has 2 atom stereocenters. The van der Waals surface area contributed by atoms with Crippen molar-refractivity contribution >= 4 is 29.5 Å². The summed E-state index contributed by atoms with van der Waals surface area (Å²) in [6.45, 7) is 4.46. The van der Waals surface area contributed by atoms with Gasteiger partial charge in [-0.2, -0.15) is 11.8 Å². The molecule has 2 aromatic rings. The number of cyclic esters (lactones) is 1. The maximum atomic E-state index is 12.5. The predicted molar refractivity (Wildman–Crippen MR) is 122 cm³/mol. The lowest BCUT2D eigenvalue weighted by atomic mass is 9.91. The molecule has 0 spiro atoms. The lowest BCUT2D eigenvalue weighted by molar-refractivity contribution is -0.144. The molecule has 1 aliphatic rings.